The number of aliphatic hydroxyl groups excluding tert-OH is 1. The summed E-state index contributed by atoms with van der Waals surface area (Å²) in [5.41, 5.74) is 2.32. The minimum absolute atomic E-state index is 0.0964. The number of benzene rings is 2. The van der Waals surface area contributed by atoms with Crippen LogP contribution in [0.3, 0.4) is 0 Å². The van der Waals surface area contributed by atoms with Crippen molar-refractivity contribution in [3.8, 4) is 5.75 Å². The highest BCUT2D eigenvalue weighted by Gasteiger charge is 2.39. The minimum Gasteiger partial charge on any atom is -0.497 e. The number of rotatable bonds is 6. The molecule has 0 saturated carbocycles. The summed E-state index contributed by atoms with van der Waals surface area (Å²) in [6, 6.07) is 13.7. The molecule has 1 unspecified atom stereocenters. The molecule has 2 aromatic rings. The number of hydrogen-bond acceptors (Lipinski definition) is 5. The number of ether oxygens (including phenoxy) is 1. The Morgan fingerprint density at radius 3 is 2.40 bits per heavy atom. The number of imide groups is 1. The smallest absolute Gasteiger partial charge is 0.256 e. The molecule has 0 aromatic heterocycles. The van der Waals surface area contributed by atoms with Crippen molar-refractivity contribution in [2.45, 2.75) is 18.9 Å². The van der Waals surface area contributed by atoms with E-state index in [4.69, 9.17) is 9.84 Å². The molecule has 0 bridgehead atoms. The third-order valence-corrected chi connectivity index (χ3v) is 4.17. The molecule has 0 radical (unpaired) electrons. The molecule has 1 saturated heterocycles. The summed E-state index contributed by atoms with van der Waals surface area (Å²) in [5, 5.41) is 12.1. The highest BCUT2D eigenvalue weighted by molar-refractivity contribution is 6.23. The molecule has 6 heteroatoms. The summed E-state index contributed by atoms with van der Waals surface area (Å²) in [5.74, 6) is 0.166. The zero-order valence-corrected chi connectivity index (χ0v) is 13.9. The summed E-state index contributed by atoms with van der Waals surface area (Å²) in [6.45, 7) is 0.0964. The van der Waals surface area contributed by atoms with Crippen molar-refractivity contribution in [1.82, 2.24) is 0 Å². The predicted octanol–water partition coefficient (Wildman–Crippen LogP) is 1.97. The van der Waals surface area contributed by atoms with E-state index in [-0.39, 0.29) is 24.8 Å². The first-order valence-electron chi connectivity index (χ1n) is 8.09. The zero-order valence-electron chi connectivity index (χ0n) is 13.9. The first-order chi connectivity index (χ1) is 12.1. The van der Waals surface area contributed by atoms with Crippen molar-refractivity contribution in [2.24, 2.45) is 0 Å². The van der Waals surface area contributed by atoms with Crippen LogP contribution in [0.15, 0.2) is 48.5 Å². The molecule has 1 atom stereocenters. The number of carbonyl (C=O) groups is 2. The fourth-order valence-electron chi connectivity index (χ4n) is 2.85. The lowest BCUT2D eigenvalue weighted by atomic mass is 10.1. The number of nitrogens with zero attached hydrogens (tertiary/aromatic N) is 1. The van der Waals surface area contributed by atoms with Crippen molar-refractivity contribution in [1.29, 1.82) is 0 Å². The van der Waals surface area contributed by atoms with E-state index >= 15 is 0 Å². The van der Waals surface area contributed by atoms with E-state index in [1.165, 1.54) is 4.90 Å². The molecule has 1 aliphatic heterocycles. The molecule has 2 aromatic carbocycles. The lowest BCUT2D eigenvalue weighted by Crippen LogP contribution is -2.34. The number of methoxy groups -OCH3 is 1. The molecule has 1 fully saturated rings. The van der Waals surface area contributed by atoms with Gasteiger partial charge < -0.3 is 15.2 Å². The topological polar surface area (TPSA) is 78.9 Å². The van der Waals surface area contributed by atoms with E-state index in [9.17, 15) is 9.59 Å². The normalized spacial score (nSPS) is 17.0. The van der Waals surface area contributed by atoms with Crippen LogP contribution in [0.2, 0.25) is 0 Å². The van der Waals surface area contributed by atoms with Gasteiger partial charge in [0.15, 0.2) is 0 Å². The van der Waals surface area contributed by atoms with Crippen molar-refractivity contribution in [3.63, 3.8) is 0 Å². The zero-order chi connectivity index (χ0) is 17.8. The molecule has 0 spiro atoms. The molecule has 0 aliphatic carbocycles. The van der Waals surface area contributed by atoms with Gasteiger partial charge in [-0.25, -0.2) is 4.90 Å². The number of anilines is 2. The SMILES string of the molecule is COc1ccc(N2C(=O)CC(Nc3ccc(CCO)cc3)C2=O)cc1. The number of amides is 2. The average Bonchev–Trinajstić information content (AvgIpc) is 2.90. The van der Waals surface area contributed by atoms with Crippen LogP contribution in [0.4, 0.5) is 11.4 Å². The Morgan fingerprint density at radius 1 is 1.12 bits per heavy atom. The first kappa shape index (κ1) is 17.0. The van der Waals surface area contributed by atoms with Gasteiger partial charge in [0, 0.05) is 12.3 Å². The third-order valence-electron chi connectivity index (χ3n) is 4.17. The van der Waals surface area contributed by atoms with E-state index in [1.54, 1.807) is 31.4 Å². The second-order valence-corrected chi connectivity index (χ2v) is 5.84. The van der Waals surface area contributed by atoms with Crippen molar-refractivity contribution in [3.05, 3.63) is 54.1 Å². The lowest BCUT2D eigenvalue weighted by molar-refractivity contribution is -0.121. The Labute approximate surface area is 146 Å². The Hall–Kier alpha value is -2.86. The Bertz CT molecular complexity index is 756. The van der Waals surface area contributed by atoms with Gasteiger partial charge in [0.2, 0.25) is 5.91 Å². The maximum absolute atomic E-state index is 12.6. The lowest BCUT2D eigenvalue weighted by Gasteiger charge is -2.16. The standard InChI is InChI=1S/C19H20N2O4/c1-25-16-8-6-15(7-9-16)21-18(23)12-17(19(21)24)20-14-4-2-13(3-5-14)10-11-22/h2-9,17,20,22H,10-12H2,1H3. The summed E-state index contributed by atoms with van der Waals surface area (Å²) < 4.78 is 5.10. The van der Waals surface area contributed by atoms with Gasteiger partial charge in [-0.3, -0.25) is 9.59 Å². The van der Waals surface area contributed by atoms with Crippen LogP contribution in [0.25, 0.3) is 0 Å². The predicted molar refractivity (Wildman–Crippen MR) is 94.7 cm³/mol. The van der Waals surface area contributed by atoms with Gasteiger partial charge in [0.05, 0.1) is 19.2 Å². The molecule has 2 N–H and O–H groups in total. The molecule has 6 nitrogen and oxygen atoms in total. The number of aliphatic hydroxyl groups is 1. The van der Waals surface area contributed by atoms with Crippen LogP contribution in [0.1, 0.15) is 12.0 Å². The molecule has 3 rings (SSSR count). The average molecular weight is 340 g/mol. The van der Waals surface area contributed by atoms with Gasteiger partial charge in [0.25, 0.3) is 5.91 Å². The Kier molecular flexibility index (Phi) is 5.00. The van der Waals surface area contributed by atoms with Gasteiger partial charge in [-0.05, 0) is 48.4 Å². The number of nitrogens with one attached hydrogen (secondary N) is 1. The van der Waals surface area contributed by atoms with Gasteiger partial charge in [0.1, 0.15) is 11.8 Å². The summed E-state index contributed by atoms with van der Waals surface area (Å²) >= 11 is 0. The minimum atomic E-state index is -0.585. The number of hydrogen-bond donors (Lipinski definition) is 2. The van der Waals surface area contributed by atoms with Crippen LogP contribution in [-0.2, 0) is 16.0 Å². The summed E-state index contributed by atoms with van der Waals surface area (Å²) in [6.07, 6.45) is 0.704. The molecule has 2 amide bonds. The fraction of sp³-hybridized carbons (Fsp3) is 0.263. The van der Waals surface area contributed by atoms with Crippen LogP contribution in [0.5, 0.6) is 5.75 Å². The van der Waals surface area contributed by atoms with Gasteiger partial charge in [-0.15, -0.1) is 0 Å². The van der Waals surface area contributed by atoms with E-state index in [0.29, 0.717) is 17.9 Å². The highest BCUT2D eigenvalue weighted by Crippen LogP contribution is 2.26. The monoisotopic (exact) mass is 340 g/mol. The molecule has 1 heterocycles. The fourth-order valence-corrected chi connectivity index (χ4v) is 2.85. The number of carbonyl (C=O) groups excluding carboxylic acids is 2. The van der Waals surface area contributed by atoms with Crippen molar-refractivity contribution >= 4 is 23.2 Å². The van der Waals surface area contributed by atoms with Crippen LogP contribution >= 0.6 is 0 Å². The second kappa shape index (κ2) is 7.36. The summed E-state index contributed by atoms with van der Waals surface area (Å²) in [4.78, 5) is 26.1. The van der Waals surface area contributed by atoms with E-state index in [0.717, 1.165) is 11.3 Å². The van der Waals surface area contributed by atoms with E-state index in [2.05, 4.69) is 5.32 Å². The quantitative estimate of drug-likeness (QED) is 0.786. The van der Waals surface area contributed by atoms with Gasteiger partial charge in [-0.2, -0.15) is 0 Å². The van der Waals surface area contributed by atoms with Crippen LogP contribution in [0, 0.1) is 0 Å². The van der Waals surface area contributed by atoms with Gasteiger partial charge in [-0.1, -0.05) is 12.1 Å². The summed E-state index contributed by atoms with van der Waals surface area (Å²) in [7, 11) is 1.56. The van der Waals surface area contributed by atoms with Gasteiger partial charge >= 0.3 is 0 Å². The second-order valence-electron chi connectivity index (χ2n) is 5.84. The Balaban J connectivity index is 1.71. The Morgan fingerprint density at radius 2 is 1.80 bits per heavy atom. The van der Waals surface area contributed by atoms with E-state index in [1.807, 2.05) is 24.3 Å². The molecule has 25 heavy (non-hydrogen) atoms. The van der Waals surface area contributed by atoms with Crippen LogP contribution < -0.4 is 15.0 Å². The first-order valence-corrected chi connectivity index (χ1v) is 8.09. The largest absolute Gasteiger partial charge is 0.497 e. The maximum atomic E-state index is 12.6. The molecule has 130 valence electrons. The van der Waals surface area contributed by atoms with Crippen molar-refractivity contribution < 1.29 is 19.4 Å². The third kappa shape index (κ3) is 3.64. The molecular weight excluding hydrogens is 320 g/mol. The highest BCUT2D eigenvalue weighted by atomic mass is 16.5. The van der Waals surface area contributed by atoms with E-state index < -0.39 is 6.04 Å². The van der Waals surface area contributed by atoms with Crippen LogP contribution in [-0.4, -0.2) is 36.7 Å². The van der Waals surface area contributed by atoms with Crippen molar-refractivity contribution in [2.75, 3.05) is 23.9 Å². The maximum Gasteiger partial charge on any atom is 0.256 e. The molecule has 1 aliphatic rings. The molecular formula is C19H20N2O4.